The van der Waals surface area contributed by atoms with Crippen LogP contribution >= 0.6 is 24.2 Å². The molecule has 0 heterocycles. The van der Waals surface area contributed by atoms with E-state index in [2.05, 4.69) is 20.8 Å². The molecule has 1 atom stereocenters. The van der Waals surface area contributed by atoms with Gasteiger partial charge in [0.25, 0.3) is 0 Å². The Morgan fingerprint density at radius 1 is 1.33 bits per heavy atom. The highest BCUT2D eigenvalue weighted by Crippen LogP contribution is 2.27. The van der Waals surface area contributed by atoms with Crippen molar-refractivity contribution in [3.05, 3.63) is 30.3 Å². The number of carbonyl (C=O) groups is 1. The molecule has 0 fully saturated rings. The topological polar surface area (TPSA) is 46.3 Å². The number of halogens is 1. The van der Waals surface area contributed by atoms with Crippen molar-refractivity contribution in [2.45, 2.75) is 37.3 Å². The second-order valence-electron chi connectivity index (χ2n) is 5.89. The van der Waals surface area contributed by atoms with Crippen LogP contribution in [0.4, 0.5) is 0 Å². The van der Waals surface area contributed by atoms with Gasteiger partial charge in [-0.2, -0.15) is 0 Å². The highest BCUT2D eigenvalue weighted by molar-refractivity contribution is 8.00. The van der Waals surface area contributed by atoms with Gasteiger partial charge in [0.1, 0.15) is 0 Å². The second kappa shape index (κ2) is 9.34. The number of nitrogens with zero attached hydrogens (tertiary/aromatic N) is 1. The molecule has 3 nitrogen and oxygen atoms in total. The van der Waals surface area contributed by atoms with Crippen LogP contribution in [0.15, 0.2) is 35.2 Å². The molecule has 0 saturated carbocycles. The van der Waals surface area contributed by atoms with E-state index in [-0.39, 0.29) is 29.0 Å². The molecule has 5 heteroatoms. The summed E-state index contributed by atoms with van der Waals surface area (Å²) in [5.74, 6) is 0.183. The van der Waals surface area contributed by atoms with Crippen LogP contribution in [0, 0.1) is 5.41 Å². The first-order chi connectivity index (χ1) is 9.39. The first-order valence-corrected chi connectivity index (χ1v) is 7.94. The summed E-state index contributed by atoms with van der Waals surface area (Å²) in [6, 6.07) is 10.1. The van der Waals surface area contributed by atoms with Crippen molar-refractivity contribution in [1.29, 1.82) is 0 Å². The van der Waals surface area contributed by atoms with Gasteiger partial charge >= 0.3 is 0 Å². The van der Waals surface area contributed by atoms with Crippen LogP contribution in [-0.4, -0.2) is 36.2 Å². The minimum Gasteiger partial charge on any atom is -0.344 e. The monoisotopic (exact) mass is 330 g/mol. The van der Waals surface area contributed by atoms with Crippen molar-refractivity contribution < 1.29 is 4.79 Å². The van der Waals surface area contributed by atoms with Gasteiger partial charge in [-0.05, 0) is 30.5 Å². The van der Waals surface area contributed by atoms with Gasteiger partial charge in [-0.3, -0.25) is 4.79 Å². The maximum atomic E-state index is 12.5. The molecule has 1 amide bonds. The van der Waals surface area contributed by atoms with Crippen LogP contribution in [0.1, 0.15) is 27.2 Å². The van der Waals surface area contributed by atoms with E-state index in [9.17, 15) is 4.79 Å². The van der Waals surface area contributed by atoms with Crippen molar-refractivity contribution in [3.8, 4) is 0 Å². The van der Waals surface area contributed by atoms with Crippen LogP contribution < -0.4 is 5.73 Å². The molecular weight excluding hydrogens is 304 g/mol. The molecule has 1 aromatic rings. The molecule has 0 aliphatic rings. The third-order valence-electron chi connectivity index (χ3n) is 3.26. The first kappa shape index (κ1) is 20.3. The molecule has 0 spiro atoms. The van der Waals surface area contributed by atoms with E-state index < -0.39 is 0 Å². The molecule has 0 bridgehead atoms. The molecule has 0 aromatic heterocycles. The number of hydrogen-bond acceptors (Lipinski definition) is 3. The van der Waals surface area contributed by atoms with E-state index in [1.807, 2.05) is 42.3 Å². The lowest BCUT2D eigenvalue weighted by Gasteiger charge is -2.31. The number of benzene rings is 1. The van der Waals surface area contributed by atoms with E-state index in [4.69, 9.17) is 5.73 Å². The summed E-state index contributed by atoms with van der Waals surface area (Å²) in [4.78, 5) is 15.5. The average Bonchev–Trinajstić information content (AvgIpc) is 2.44. The standard InChI is InChI=1S/C16H26N2OS.ClH/c1-5-14(20-13-9-7-6-8-10-13)15(19)18(4)12-16(2,3)11-17;/h6-10,14H,5,11-12,17H2,1-4H3;1H. The van der Waals surface area contributed by atoms with Crippen LogP contribution in [0.2, 0.25) is 0 Å². The Hall–Kier alpha value is -0.710. The Bertz CT molecular complexity index is 426. The number of hydrogen-bond donors (Lipinski definition) is 1. The summed E-state index contributed by atoms with van der Waals surface area (Å²) in [6.45, 7) is 7.49. The number of amides is 1. The molecule has 2 N–H and O–H groups in total. The highest BCUT2D eigenvalue weighted by atomic mass is 35.5. The lowest BCUT2D eigenvalue weighted by atomic mass is 9.93. The van der Waals surface area contributed by atoms with Gasteiger partial charge in [-0.25, -0.2) is 0 Å². The Balaban J connectivity index is 0.00000400. The predicted octanol–water partition coefficient (Wildman–Crippen LogP) is 3.42. The van der Waals surface area contributed by atoms with Gasteiger partial charge in [0.05, 0.1) is 5.25 Å². The summed E-state index contributed by atoms with van der Waals surface area (Å²) in [6.07, 6.45) is 0.825. The van der Waals surface area contributed by atoms with E-state index in [1.54, 1.807) is 11.8 Å². The molecule has 0 aliphatic heterocycles. The fourth-order valence-electron chi connectivity index (χ4n) is 2.00. The minimum atomic E-state index is -0.0416. The van der Waals surface area contributed by atoms with E-state index >= 15 is 0 Å². The molecule has 21 heavy (non-hydrogen) atoms. The SMILES string of the molecule is CCC(Sc1ccccc1)C(=O)N(C)CC(C)(C)CN.Cl. The second-order valence-corrected chi connectivity index (χ2v) is 7.17. The molecule has 0 saturated heterocycles. The zero-order valence-corrected chi connectivity index (χ0v) is 15.0. The summed E-state index contributed by atoms with van der Waals surface area (Å²) in [5, 5.41) is -0.0315. The van der Waals surface area contributed by atoms with Crippen molar-refractivity contribution in [1.82, 2.24) is 4.90 Å². The number of rotatable bonds is 7. The summed E-state index contributed by atoms with van der Waals surface area (Å²) < 4.78 is 0. The maximum absolute atomic E-state index is 12.5. The van der Waals surface area contributed by atoms with Gasteiger partial charge < -0.3 is 10.6 Å². The van der Waals surface area contributed by atoms with Crippen molar-refractivity contribution >= 4 is 30.1 Å². The largest absolute Gasteiger partial charge is 0.344 e. The van der Waals surface area contributed by atoms with Crippen molar-refractivity contribution in [3.63, 3.8) is 0 Å². The zero-order chi connectivity index (χ0) is 15.2. The van der Waals surface area contributed by atoms with E-state index in [1.165, 1.54) is 0 Å². The van der Waals surface area contributed by atoms with E-state index in [0.717, 1.165) is 11.3 Å². The Kier molecular flexibility index (Phi) is 9.02. The average molecular weight is 331 g/mol. The molecular formula is C16H27ClN2OS. The smallest absolute Gasteiger partial charge is 0.235 e. The fraction of sp³-hybridized carbons (Fsp3) is 0.562. The van der Waals surface area contributed by atoms with Gasteiger partial charge in [0.2, 0.25) is 5.91 Å². The maximum Gasteiger partial charge on any atom is 0.235 e. The zero-order valence-electron chi connectivity index (χ0n) is 13.3. The Morgan fingerprint density at radius 3 is 2.38 bits per heavy atom. The molecule has 0 radical (unpaired) electrons. The predicted molar refractivity (Wildman–Crippen MR) is 94.1 cm³/mol. The Labute approximate surface area is 139 Å². The van der Waals surface area contributed by atoms with Gasteiger partial charge in [-0.1, -0.05) is 39.0 Å². The molecule has 1 aromatic carbocycles. The lowest BCUT2D eigenvalue weighted by molar-refractivity contribution is -0.130. The first-order valence-electron chi connectivity index (χ1n) is 7.06. The van der Waals surface area contributed by atoms with Crippen LogP contribution in [0.25, 0.3) is 0 Å². The number of thioether (sulfide) groups is 1. The normalized spacial score (nSPS) is 12.4. The third-order valence-corrected chi connectivity index (χ3v) is 4.63. The molecule has 1 unspecified atom stereocenters. The van der Waals surface area contributed by atoms with Crippen molar-refractivity contribution in [2.75, 3.05) is 20.1 Å². The van der Waals surface area contributed by atoms with Crippen molar-refractivity contribution in [2.24, 2.45) is 11.1 Å². The number of carbonyl (C=O) groups excluding carboxylic acids is 1. The molecule has 120 valence electrons. The van der Waals surface area contributed by atoms with E-state index in [0.29, 0.717) is 13.1 Å². The molecule has 1 rings (SSSR count). The van der Waals surface area contributed by atoms with Crippen LogP contribution in [0.5, 0.6) is 0 Å². The third kappa shape index (κ3) is 6.72. The van der Waals surface area contributed by atoms with Gasteiger partial charge in [0, 0.05) is 18.5 Å². The Morgan fingerprint density at radius 2 is 1.90 bits per heavy atom. The lowest BCUT2D eigenvalue weighted by Crippen LogP contribution is -2.43. The fourth-order valence-corrected chi connectivity index (χ4v) is 3.09. The van der Waals surface area contributed by atoms with Gasteiger partial charge in [0.15, 0.2) is 0 Å². The summed E-state index contributed by atoms with van der Waals surface area (Å²) >= 11 is 1.64. The number of nitrogens with two attached hydrogens (primary N) is 1. The quantitative estimate of drug-likeness (QED) is 0.779. The van der Waals surface area contributed by atoms with Gasteiger partial charge in [-0.15, -0.1) is 24.2 Å². The van der Waals surface area contributed by atoms with Crippen LogP contribution in [-0.2, 0) is 4.79 Å². The minimum absolute atomic E-state index is 0. The summed E-state index contributed by atoms with van der Waals surface area (Å²) in [5.41, 5.74) is 5.70. The summed E-state index contributed by atoms with van der Waals surface area (Å²) in [7, 11) is 1.87. The van der Waals surface area contributed by atoms with Crippen LogP contribution in [0.3, 0.4) is 0 Å². The molecule has 0 aliphatic carbocycles. The highest BCUT2D eigenvalue weighted by Gasteiger charge is 2.26.